The fourth-order valence-electron chi connectivity index (χ4n) is 1.98. The molecule has 1 amide bonds. The molecule has 0 aliphatic rings. The Kier molecular flexibility index (Phi) is 5.67. The molecule has 3 aromatic rings. The Morgan fingerprint density at radius 1 is 1.28 bits per heavy atom. The minimum Gasteiger partial charge on any atom is -0.483 e. The summed E-state index contributed by atoms with van der Waals surface area (Å²) in [6, 6.07) is 11.0. The van der Waals surface area contributed by atoms with Gasteiger partial charge in [0.05, 0.1) is 10.2 Å². The molecule has 0 aliphatic heterocycles. The fourth-order valence-corrected chi connectivity index (χ4v) is 3.51. The second-order valence-electron chi connectivity index (χ2n) is 4.96. The Hall–Kier alpha value is -1.96. The first-order chi connectivity index (χ1) is 12.0. The molecule has 0 bridgehead atoms. The third-order valence-corrected chi connectivity index (χ3v) is 4.76. The predicted octanol–water partition coefficient (Wildman–Crippen LogP) is 5.38. The van der Waals surface area contributed by atoms with Crippen LogP contribution in [0, 0.1) is 5.82 Å². The maximum Gasteiger partial charge on any atom is 0.264 e. The van der Waals surface area contributed by atoms with Gasteiger partial charge in [0.25, 0.3) is 5.91 Å². The van der Waals surface area contributed by atoms with Crippen LogP contribution in [0.2, 0.25) is 5.02 Å². The zero-order valence-electron chi connectivity index (χ0n) is 12.6. The van der Waals surface area contributed by atoms with Crippen molar-refractivity contribution in [2.24, 2.45) is 0 Å². The molecular formula is C17H11BrClFN2O2S. The average molecular weight is 442 g/mol. The van der Waals surface area contributed by atoms with Crippen molar-refractivity contribution in [3.05, 3.63) is 63.2 Å². The Balaban J connectivity index is 1.59. The third-order valence-electron chi connectivity index (χ3n) is 3.14. The summed E-state index contributed by atoms with van der Waals surface area (Å²) in [5, 5.41) is 5.48. The molecule has 0 radical (unpaired) electrons. The normalized spacial score (nSPS) is 10.5. The molecule has 0 aliphatic carbocycles. The topological polar surface area (TPSA) is 51.2 Å². The van der Waals surface area contributed by atoms with Crippen molar-refractivity contribution in [2.45, 2.75) is 0 Å². The second kappa shape index (κ2) is 7.95. The van der Waals surface area contributed by atoms with E-state index in [1.54, 1.807) is 35.7 Å². The monoisotopic (exact) mass is 440 g/mol. The lowest BCUT2D eigenvalue weighted by Crippen LogP contribution is -2.20. The molecule has 0 saturated carbocycles. The number of hydrogen-bond donors (Lipinski definition) is 1. The summed E-state index contributed by atoms with van der Waals surface area (Å²) < 4.78 is 19.1. The number of benzene rings is 2. The highest BCUT2D eigenvalue weighted by Crippen LogP contribution is 2.28. The van der Waals surface area contributed by atoms with Crippen LogP contribution in [0.15, 0.2) is 52.3 Å². The molecular weight excluding hydrogens is 431 g/mol. The van der Waals surface area contributed by atoms with Crippen LogP contribution < -0.4 is 10.1 Å². The van der Waals surface area contributed by atoms with Crippen molar-refractivity contribution >= 4 is 49.9 Å². The van der Waals surface area contributed by atoms with E-state index >= 15 is 0 Å². The van der Waals surface area contributed by atoms with Crippen LogP contribution in [-0.4, -0.2) is 17.5 Å². The summed E-state index contributed by atoms with van der Waals surface area (Å²) >= 11 is 10.5. The SMILES string of the molecule is O=C(COc1ccc(Cl)cc1Br)Nc1nc(-c2ccc(F)cc2)cs1. The molecule has 4 nitrogen and oxygen atoms in total. The van der Waals surface area contributed by atoms with Crippen molar-refractivity contribution in [1.82, 2.24) is 4.98 Å². The molecule has 0 saturated heterocycles. The molecule has 1 aromatic heterocycles. The van der Waals surface area contributed by atoms with Crippen LogP contribution in [-0.2, 0) is 4.79 Å². The molecule has 2 aromatic carbocycles. The number of ether oxygens (including phenoxy) is 1. The van der Waals surface area contributed by atoms with Crippen molar-refractivity contribution in [2.75, 3.05) is 11.9 Å². The molecule has 0 spiro atoms. The molecule has 0 fully saturated rings. The number of thiazole rings is 1. The zero-order chi connectivity index (χ0) is 17.8. The van der Waals surface area contributed by atoms with Gasteiger partial charge in [0.1, 0.15) is 11.6 Å². The first-order valence-electron chi connectivity index (χ1n) is 7.10. The average Bonchev–Trinajstić information content (AvgIpc) is 3.03. The summed E-state index contributed by atoms with van der Waals surface area (Å²) in [5.41, 5.74) is 1.45. The largest absolute Gasteiger partial charge is 0.483 e. The highest BCUT2D eigenvalue weighted by molar-refractivity contribution is 9.10. The van der Waals surface area contributed by atoms with E-state index < -0.39 is 0 Å². The van der Waals surface area contributed by atoms with Crippen LogP contribution in [0.5, 0.6) is 5.75 Å². The van der Waals surface area contributed by atoms with Crippen LogP contribution in [0.25, 0.3) is 11.3 Å². The Labute approximate surface area is 160 Å². The zero-order valence-corrected chi connectivity index (χ0v) is 15.8. The maximum absolute atomic E-state index is 13.0. The number of anilines is 1. The summed E-state index contributed by atoms with van der Waals surface area (Å²) in [5.74, 6) is -0.120. The summed E-state index contributed by atoms with van der Waals surface area (Å²) in [6.07, 6.45) is 0. The van der Waals surface area contributed by atoms with Gasteiger partial charge in [-0.15, -0.1) is 11.3 Å². The van der Waals surface area contributed by atoms with Crippen molar-refractivity contribution in [3.63, 3.8) is 0 Å². The molecule has 1 N–H and O–H groups in total. The lowest BCUT2D eigenvalue weighted by atomic mass is 10.2. The summed E-state index contributed by atoms with van der Waals surface area (Å²) in [4.78, 5) is 16.3. The van der Waals surface area contributed by atoms with Crippen LogP contribution >= 0.6 is 38.9 Å². The van der Waals surface area contributed by atoms with Crippen molar-refractivity contribution in [1.29, 1.82) is 0 Å². The Morgan fingerprint density at radius 3 is 2.76 bits per heavy atom. The van der Waals surface area contributed by atoms with E-state index in [1.807, 2.05) is 0 Å². The minimum atomic E-state index is -0.332. The summed E-state index contributed by atoms with van der Waals surface area (Å²) in [7, 11) is 0. The number of halogens is 3. The van der Waals surface area contributed by atoms with E-state index in [0.717, 1.165) is 5.56 Å². The molecule has 128 valence electrons. The van der Waals surface area contributed by atoms with Crippen LogP contribution in [0.4, 0.5) is 9.52 Å². The third kappa shape index (κ3) is 4.78. The van der Waals surface area contributed by atoms with Gasteiger partial charge in [-0.25, -0.2) is 9.37 Å². The van der Waals surface area contributed by atoms with Gasteiger partial charge in [0, 0.05) is 16.0 Å². The van der Waals surface area contributed by atoms with Gasteiger partial charge in [-0.1, -0.05) is 11.6 Å². The van der Waals surface area contributed by atoms with Gasteiger partial charge in [0.2, 0.25) is 0 Å². The number of nitrogens with zero attached hydrogens (tertiary/aromatic N) is 1. The van der Waals surface area contributed by atoms with Crippen LogP contribution in [0.3, 0.4) is 0 Å². The van der Waals surface area contributed by atoms with Crippen molar-refractivity contribution in [3.8, 4) is 17.0 Å². The van der Waals surface area contributed by atoms with E-state index in [2.05, 4.69) is 26.2 Å². The first kappa shape index (κ1) is 17.8. The van der Waals surface area contributed by atoms with E-state index in [1.165, 1.54) is 23.5 Å². The quantitative estimate of drug-likeness (QED) is 0.578. The fraction of sp³-hybridized carbons (Fsp3) is 0.0588. The number of aromatic nitrogens is 1. The second-order valence-corrected chi connectivity index (χ2v) is 7.11. The minimum absolute atomic E-state index is 0.161. The molecule has 0 unspecified atom stereocenters. The van der Waals surface area contributed by atoms with E-state index in [4.69, 9.17) is 16.3 Å². The molecule has 1 heterocycles. The number of amides is 1. The Bertz CT molecular complexity index is 902. The molecule has 0 atom stereocenters. The van der Waals surface area contributed by atoms with E-state index in [9.17, 15) is 9.18 Å². The lowest BCUT2D eigenvalue weighted by molar-refractivity contribution is -0.118. The van der Waals surface area contributed by atoms with Crippen molar-refractivity contribution < 1.29 is 13.9 Å². The highest BCUT2D eigenvalue weighted by atomic mass is 79.9. The molecule has 8 heteroatoms. The predicted molar refractivity (Wildman–Crippen MR) is 101 cm³/mol. The van der Waals surface area contributed by atoms with Gasteiger partial charge in [-0.2, -0.15) is 0 Å². The van der Waals surface area contributed by atoms with Gasteiger partial charge >= 0.3 is 0 Å². The van der Waals surface area contributed by atoms with Gasteiger partial charge in [-0.3, -0.25) is 10.1 Å². The maximum atomic E-state index is 13.0. The van der Waals surface area contributed by atoms with E-state index in [0.29, 0.717) is 26.1 Å². The smallest absolute Gasteiger partial charge is 0.264 e. The lowest BCUT2D eigenvalue weighted by Gasteiger charge is -2.07. The Morgan fingerprint density at radius 2 is 2.04 bits per heavy atom. The molecule has 3 rings (SSSR count). The number of nitrogens with one attached hydrogen (secondary N) is 1. The molecule has 25 heavy (non-hydrogen) atoms. The number of carbonyl (C=O) groups is 1. The summed E-state index contributed by atoms with van der Waals surface area (Å²) in [6.45, 7) is -0.161. The number of rotatable bonds is 5. The van der Waals surface area contributed by atoms with Gasteiger partial charge in [-0.05, 0) is 58.4 Å². The van der Waals surface area contributed by atoms with Crippen LogP contribution in [0.1, 0.15) is 0 Å². The van der Waals surface area contributed by atoms with Gasteiger partial charge < -0.3 is 4.74 Å². The highest BCUT2D eigenvalue weighted by Gasteiger charge is 2.10. The first-order valence-corrected chi connectivity index (χ1v) is 9.15. The standard InChI is InChI=1S/C17H11BrClFN2O2S/c18-13-7-11(19)3-6-15(13)24-8-16(23)22-17-21-14(9-25-17)10-1-4-12(20)5-2-10/h1-7,9H,8H2,(H,21,22,23). The van der Waals surface area contributed by atoms with E-state index in [-0.39, 0.29) is 18.3 Å². The number of carbonyl (C=O) groups excluding carboxylic acids is 1. The number of hydrogen-bond acceptors (Lipinski definition) is 4. The van der Waals surface area contributed by atoms with Gasteiger partial charge in [0.15, 0.2) is 11.7 Å².